The summed E-state index contributed by atoms with van der Waals surface area (Å²) in [4.78, 5) is 11.5. The topological polar surface area (TPSA) is 55.8 Å². The van der Waals surface area contributed by atoms with E-state index in [-0.39, 0.29) is 5.92 Å². The third-order valence-corrected chi connectivity index (χ3v) is 3.14. The van der Waals surface area contributed by atoms with Crippen molar-refractivity contribution in [2.75, 3.05) is 13.2 Å². The molecule has 1 aromatic rings. The highest BCUT2D eigenvalue weighted by Crippen LogP contribution is 2.25. The molecule has 4 nitrogen and oxygen atoms in total. The van der Waals surface area contributed by atoms with Crippen molar-refractivity contribution >= 4 is 5.97 Å². The van der Waals surface area contributed by atoms with E-state index in [0.717, 1.165) is 5.56 Å². The van der Waals surface area contributed by atoms with Crippen molar-refractivity contribution in [1.29, 1.82) is 0 Å². The first-order valence-corrected chi connectivity index (χ1v) is 6.22. The van der Waals surface area contributed by atoms with Crippen LogP contribution in [0.2, 0.25) is 0 Å². The number of benzene rings is 1. The van der Waals surface area contributed by atoms with Gasteiger partial charge >= 0.3 is 5.97 Å². The molecule has 2 rings (SSSR count). The van der Waals surface area contributed by atoms with Crippen molar-refractivity contribution < 1.29 is 19.4 Å². The van der Waals surface area contributed by atoms with E-state index in [1.807, 2.05) is 30.3 Å². The van der Waals surface area contributed by atoms with Gasteiger partial charge in [-0.2, -0.15) is 0 Å². The van der Waals surface area contributed by atoms with Gasteiger partial charge in [-0.25, -0.2) is 4.79 Å². The maximum Gasteiger partial charge on any atom is 0.337 e. The quantitative estimate of drug-likeness (QED) is 0.815. The van der Waals surface area contributed by atoms with E-state index in [2.05, 4.69) is 0 Å². The smallest absolute Gasteiger partial charge is 0.337 e. The van der Waals surface area contributed by atoms with Crippen LogP contribution in [0.1, 0.15) is 12.5 Å². The van der Waals surface area contributed by atoms with Crippen molar-refractivity contribution in [1.82, 2.24) is 0 Å². The summed E-state index contributed by atoms with van der Waals surface area (Å²) >= 11 is 0. The summed E-state index contributed by atoms with van der Waals surface area (Å²) < 4.78 is 10.2. The lowest BCUT2D eigenvalue weighted by Crippen LogP contribution is -2.35. The fraction of sp³-hybridized carbons (Fsp3) is 0.500. The predicted octanol–water partition coefficient (Wildman–Crippen LogP) is 1.17. The molecular formula is C14H18O4. The predicted molar refractivity (Wildman–Crippen MR) is 66.0 cm³/mol. The molecule has 0 radical (unpaired) electrons. The fourth-order valence-electron chi connectivity index (χ4n) is 2.20. The van der Waals surface area contributed by atoms with Gasteiger partial charge in [-0.15, -0.1) is 0 Å². The lowest BCUT2D eigenvalue weighted by molar-refractivity contribution is -0.157. The van der Waals surface area contributed by atoms with Gasteiger partial charge in [0.15, 0.2) is 6.10 Å². The van der Waals surface area contributed by atoms with Gasteiger partial charge in [0.05, 0.1) is 19.3 Å². The molecule has 1 saturated heterocycles. The number of aliphatic hydroxyl groups is 1. The monoisotopic (exact) mass is 250 g/mol. The summed E-state index contributed by atoms with van der Waals surface area (Å²) in [6.07, 6.45) is -0.916. The normalized spacial score (nSPS) is 27.1. The summed E-state index contributed by atoms with van der Waals surface area (Å²) in [5, 5.41) is 10.1. The molecule has 0 unspecified atom stereocenters. The molecule has 1 fully saturated rings. The first-order valence-electron chi connectivity index (χ1n) is 6.22. The van der Waals surface area contributed by atoms with Crippen LogP contribution in [0.25, 0.3) is 0 Å². The molecule has 18 heavy (non-hydrogen) atoms. The summed E-state index contributed by atoms with van der Waals surface area (Å²) in [6.45, 7) is 2.43. The Labute approximate surface area is 107 Å². The molecule has 0 aliphatic carbocycles. The van der Waals surface area contributed by atoms with Gasteiger partial charge in [-0.05, 0) is 18.9 Å². The zero-order chi connectivity index (χ0) is 13.0. The Bertz CT molecular complexity index is 390. The first kappa shape index (κ1) is 13.1. The maximum absolute atomic E-state index is 11.5. The largest absolute Gasteiger partial charge is 0.464 e. The second kappa shape index (κ2) is 5.98. The molecule has 0 aromatic heterocycles. The highest BCUT2D eigenvalue weighted by atomic mass is 16.6. The summed E-state index contributed by atoms with van der Waals surface area (Å²) in [7, 11) is 0. The van der Waals surface area contributed by atoms with Gasteiger partial charge in [0, 0.05) is 5.92 Å². The number of carbonyl (C=O) groups is 1. The molecule has 4 heteroatoms. The molecule has 0 amide bonds. The number of hydrogen-bond donors (Lipinski definition) is 1. The van der Waals surface area contributed by atoms with Crippen LogP contribution in [0.3, 0.4) is 0 Å². The van der Waals surface area contributed by atoms with Crippen LogP contribution in [0.15, 0.2) is 30.3 Å². The van der Waals surface area contributed by atoms with Crippen LogP contribution in [0, 0.1) is 5.92 Å². The Hall–Kier alpha value is -1.39. The first-order chi connectivity index (χ1) is 8.72. The lowest BCUT2D eigenvalue weighted by atomic mass is 9.94. The molecule has 1 heterocycles. The van der Waals surface area contributed by atoms with E-state index in [1.165, 1.54) is 0 Å². The molecule has 0 spiro atoms. The number of esters is 1. The van der Waals surface area contributed by atoms with Crippen molar-refractivity contribution in [3.8, 4) is 0 Å². The molecule has 0 bridgehead atoms. The zero-order valence-corrected chi connectivity index (χ0v) is 10.4. The van der Waals surface area contributed by atoms with E-state index in [4.69, 9.17) is 9.47 Å². The zero-order valence-electron chi connectivity index (χ0n) is 10.4. The van der Waals surface area contributed by atoms with Gasteiger partial charge in [0.2, 0.25) is 0 Å². The second-order valence-corrected chi connectivity index (χ2v) is 4.45. The average Bonchev–Trinajstić information content (AvgIpc) is 2.73. The number of aliphatic hydroxyl groups excluding tert-OH is 1. The van der Waals surface area contributed by atoms with Crippen molar-refractivity contribution in [3.05, 3.63) is 35.9 Å². The van der Waals surface area contributed by atoms with Crippen molar-refractivity contribution in [2.24, 2.45) is 5.92 Å². The Morgan fingerprint density at radius 3 is 2.83 bits per heavy atom. The highest BCUT2D eigenvalue weighted by Gasteiger charge is 2.41. The SMILES string of the molecule is CCOC(=O)[C@@H]1OC[C@@H](Cc2ccccc2)[C@H]1O. The van der Waals surface area contributed by atoms with Crippen LogP contribution in [0.4, 0.5) is 0 Å². The van der Waals surface area contributed by atoms with E-state index in [9.17, 15) is 9.90 Å². The lowest BCUT2D eigenvalue weighted by Gasteiger charge is -2.16. The minimum absolute atomic E-state index is 0.0539. The third-order valence-electron chi connectivity index (χ3n) is 3.14. The minimum atomic E-state index is -0.835. The summed E-state index contributed by atoms with van der Waals surface area (Å²) in [6, 6.07) is 9.88. The van der Waals surface area contributed by atoms with Gasteiger partial charge in [0.25, 0.3) is 0 Å². The Kier molecular flexibility index (Phi) is 4.33. The molecule has 0 saturated carbocycles. The molecular weight excluding hydrogens is 232 g/mol. The van der Waals surface area contributed by atoms with Gasteiger partial charge in [-0.1, -0.05) is 30.3 Å². The van der Waals surface area contributed by atoms with Gasteiger partial charge in [0.1, 0.15) is 0 Å². The summed E-state index contributed by atoms with van der Waals surface area (Å²) in [5.74, 6) is -0.526. The maximum atomic E-state index is 11.5. The number of rotatable bonds is 4. The molecule has 1 aliphatic rings. The van der Waals surface area contributed by atoms with Crippen LogP contribution in [-0.4, -0.2) is 36.5 Å². The van der Waals surface area contributed by atoms with E-state index in [1.54, 1.807) is 6.92 Å². The molecule has 98 valence electrons. The van der Waals surface area contributed by atoms with E-state index < -0.39 is 18.2 Å². The molecule has 1 aliphatic heterocycles. The van der Waals surface area contributed by atoms with Gasteiger partial charge in [-0.3, -0.25) is 0 Å². The van der Waals surface area contributed by atoms with E-state index in [0.29, 0.717) is 19.6 Å². The van der Waals surface area contributed by atoms with Gasteiger partial charge < -0.3 is 14.6 Å². The second-order valence-electron chi connectivity index (χ2n) is 4.45. The average molecular weight is 250 g/mol. The standard InChI is InChI=1S/C14H18O4/c1-2-17-14(16)13-12(15)11(9-18-13)8-10-6-4-3-5-7-10/h3-7,11-13,15H,2,8-9H2,1H3/t11-,12-,13-/m1/s1. The Morgan fingerprint density at radius 2 is 2.17 bits per heavy atom. The fourth-order valence-corrected chi connectivity index (χ4v) is 2.20. The van der Waals surface area contributed by atoms with Crippen molar-refractivity contribution in [3.63, 3.8) is 0 Å². The molecule has 1 N–H and O–H groups in total. The number of ether oxygens (including phenoxy) is 2. The van der Waals surface area contributed by atoms with Crippen LogP contribution < -0.4 is 0 Å². The number of hydrogen-bond acceptors (Lipinski definition) is 4. The van der Waals surface area contributed by atoms with E-state index >= 15 is 0 Å². The Balaban J connectivity index is 1.95. The Morgan fingerprint density at radius 1 is 1.44 bits per heavy atom. The van der Waals surface area contributed by atoms with Crippen LogP contribution >= 0.6 is 0 Å². The highest BCUT2D eigenvalue weighted by molar-refractivity contribution is 5.75. The van der Waals surface area contributed by atoms with Crippen LogP contribution in [-0.2, 0) is 20.7 Å². The minimum Gasteiger partial charge on any atom is -0.464 e. The van der Waals surface area contributed by atoms with Crippen molar-refractivity contribution in [2.45, 2.75) is 25.6 Å². The third kappa shape index (κ3) is 2.89. The summed E-state index contributed by atoms with van der Waals surface area (Å²) in [5.41, 5.74) is 1.13. The number of carbonyl (C=O) groups excluding carboxylic acids is 1. The van der Waals surface area contributed by atoms with Crippen LogP contribution in [0.5, 0.6) is 0 Å². The molecule has 3 atom stereocenters. The molecule has 1 aromatic carbocycles.